The summed E-state index contributed by atoms with van der Waals surface area (Å²) in [5.41, 5.74) is 0. The van der Waals surface area contributed by atoms with Gasteiger partial charge in [-0.2, -0.15) is 0 Å². The molecule has 1 atom stereocenters. The molecular weight excluding hydrogens is 213 g/mol. The van der Waals surface area contributed by atoms with E-state index in [-0.39, 0.29) is 7.43 Å². The first kappa shape index (κ1) is 36.0. The highest BCUT2D eigenvalue weighted by atomic mass is 31.0. The van der Waals surface area contributed by atoms with Crippen LogP contribution in [0.15, 0.2) is 0 Å². The fourth-order valence-corrected chi connectivity index (χ4v) is 0. The first-order valence-electron chi connectivity index (χ1n) is 6.16. The summed E-state index contributed by atoms with van der Waals surface area (Å²) in [5.74, 6) is 0. The smallest absolute Gasteiger partial charge is 0.0140 e. The molecule has 0 aliphatic heterocycles. The van der Waals surface area contributed by atoms with Gasteiger partial charge in [0.25, 0.3) is 0 Å². The van der Waals surface area contributed by atoms with Crippen molar-refractivity contribution >= 4 is 9.24 Å². The maximum atomic E-state index is 2.42. The van der Waals surface area contributed by atoms with Crippen molar-refractivity contribution in [3.8, 4) is 0 Å². The molecule has 0 N–H and O–H groups in total. The highest BCUT2D eigenvalue weighted by Gasteiger charge is 1.58. The van der Waals surface area contributed by atoms with E-state index in [4.69, 9.17) is 0 Å². The number of hydrogen-bond acceptors (Lipinski definition) is 1. The lowest BCUT2D eigenvalue weighted by Crippen LogP contribution is -1.99. The molecule has 0 aromatic heterocycles. The van der Waals surface area contributed by atoms with Crippen LogP contribution in [0.3, 0.4) is 0 Å². The van der Waals surface area contributed by atoms with Crippen LogP contribution in [0, 0.1) is 0 Å². The van der Waals surface area contributed by atoms with Crippen molar-refractivity contribution in [1.82, 2.24) is 4.90 Å². The molecule has 0 aliphatic carbocycles. The van der Waals surface area contributed by atoms with Crippen LogP contribution in [0.4, 0.5) is 0 Å². The first-order valence-corrected chi connectivity index (χ1v) is 7.32. The lowest BCUT2D eigenvalue weighted by molar-refractivity contribution is 0.505. The van der Waals surface area contributed by atoms with E-state index in [9.17, 15) is 0 Å². The van der Waals surface area contributed by atoms with E-state index in [0.717, 1.165) is 0 Å². The normalized spacial score (nSPS) is 6.00. The molecule has 0 amide bonds. The molecule has 0 bridgehead atoms. The molecule has 16 heavy (non-hydrogen) atoms. The average molecular weight is 255 g/mol. The predicted molar refractivity (Wildman–Crippen MR) is 89.9 cm³/mol. The lowest BCUT2D eigenvalue weighted by atomic mass is 10.6. The minimum atomic E-state index is 0. The summed E-state index contributed by atoms with van der Waals surface area (Å²) < 4.78 is 0. The Balaban J connectivity index is -0.0000000196. The van der Waals surface area contributed by atoms with Crippen LogP contribution in [0.5, 0.6) is 0 Å². The third-order valence-electron chi connectivity index (χ3n) is 0. The molecule has 0 saturated carbocycles. The Morgan fingerprint density at radius 3 is 0.625 bits per heavy atom. The monoisotopic (exact) mass is 255 g/mol. The van der Waals surface area contributed by atoms with Gasteiger partial charge in [0.1, 0.15) is 0 Å². The topological polar surface area (TPSA) is 3.24 Å². The Hall–Kier alpha value is 0.390. The fourth-order valence-electron chi connectivity index (χ4n) is 0. The van der Waals surface area contributed by atoms with Gasteiger partial charge in [-0.25, -0.2) is 0 Å². The van der Waals surface area contributed by atoms with Crippen molar-refractivity contribution in [2.45, 2.75) is 68.2 Å². The third-order valence-corrected chi connectivity index (χ3v) is 0. The van der Waals surface area contributed by atoms with E-state index in [2.05, 4.69) is 50.8 Å². The van der Waals surface area contributed by atoms with Crippen LogP contribution in [0.1, 0.15) is 68.2 Å². The summed E-state index contributed by atoms with van der Waals surface area (Å²) >= 11 is 0. The quantitative estimate of drug-likeness (QED) is 0.513. The Morgan fingerprint density at radius 1 is 0.625 bits per heavy atom. The van der Waals surface area contributed by atoms with E-state index in [1.165, 1.54) is 19.3 Å². The van der Waals surface area contributed by atoms with Gasteiger partial charge in [-0.3, -0.25) is 0 Å². The van der Waals surface area contributed by atoms with Gasteiger partial charge in [0.15, 0.2) is 0 Å². The highest BCUT2D eigenvalue weighted by Crippen LogP contribution is 1.57. The largest absolute Gasteiger partial charge is 0.312 e. The van der Waals surface area contributed by atoms with Crippen LogP contribution in [-0.4, -0.2) is 32.7 Å². The zero-order chi connectivity index (χ0) is 13.7. The van der Waals surface area contributed by atoms with Gasteiger partial charge in [-0.05, 0) is 21.1 Å². The van der Waals surface area contributed by atoms with Crippen molar-refractivity contribution in [3.63, 3.8) is 0 Å². The van der Waals surface area contributed by atoms with Crippen molar-refractivity contribution < 1.29 is 0 Å². The summed E-state index contributed by atoms with van der Waals surface area (Å²) in [6.07, 6.45) is 3.75. The number of rotatable bonds is 0. The maximum Gasteiger partial charge on any atom is -0.0140 e. The second kappa shape index (κ2) is 78.0. The molecule has 0 fully saturated rings. The molecule has 0 radical (unpaired) electrons. The standard InChI is InChI=1S/C3H9N.3C3H8.CH5P.CH4/c1-4(2)3;3*1-3-2;1-2;/h1-3H3;3*3H2,1-2H3;2H2,1H3;1H4. The summed E-state index contributed by atoms with van der Waals surface area (Å²) in [5, 5.41) is 0. The predicted octanol–water partition coefficient (Wildman–Crippen LogP) is 5.55. The van der Waals surface area contributed by atoms with Gasteiger partial charge in [-0.15, -0.1) is 9.24 Å². The molecule has 0 heterocycles. The molecule has 0 aliphatic rings. The fraction of sp³-hybridized carbons (Fsp3) is 1.00. The van der Waals surface area contributed by atoms with Crippen LogP contribution in [0.25, 0.3) is 0 Å². The molecule has 0 aromatic carbocycles. The van der Waals surface area contributed by atoms with Gasteiger partial charge in [0, 0.05) is 0 Å². The molecule has 1 nitrogen and oxygen atoms in total. The Kier molecular flexibility index (Phi) is 175. The average Bonchev–Trinajstić information content (AvgIpc) is 2.09. The van der Waals surface area contributed by atoms with E-state index in [1.807, 2.05) is 32.7 Å². The van der Waals surface area contributed by atoms with Gasteiger partial charge < -0.3 is 4.90 Å². The van der Waals surface area contributed by atoms with Gasteiger partial charge >= 0.3 is 0 Å². The van der Waals surface area contributed by atoms with Crippen LogP contribution in [0.2, 0.25) is 0 Å². The first-order chi connectivity index (χ1) is 6.97. The summed E-state index contributed by atoms with van der Waals surface area (Å²) in [7, 11) is 8.42. The van der Waals surface area contributed by atoms with Crippen molar-refractivity contribution in [3.05, 3.63) is 0 Å². The molecule has 0 rings (SSSR count). The van der Waals surface area contributed by atoms with Crippen molar-refractivity contribution in [2.24, 2.45) is 0 Å². The Morgan fingerprint density at radius 2 is 0.625 bits per heavy atom. The van der Waals surface area contributed by atoms with Crippen molar-refractivity contribution in [1.29, 1.82) is 0 Å². The summed E-state index contributed by atoms with van der Waals surface area (Å²) in [6.45, 7) is 14.7. The lowest BCUT2D eigenvalue weighted by Gasteiger charge is -1.90. The molecule has 2 heteroatoms. The van der Waals surface area contributed by atoms with E-state index < -0.39 is 0 Å². The maximum absolute atomic E-state index is 2.42. The van der Waals surface area contributed by atoms with Gasteiger partial charge in [0.05, 0.1) is 0 Å². The summed E-state index contributed by atoms with van der Waals surface area (Å²) in [4.78, 5) is 2.00. The SMILES string of the molecule is C.CCC.CCC.CCC.CN(C)C.CP. The summed E-state index contributed by atoms with van der Waals surface area (Å²) in [6, 6.07) is 0. The molecular formula is C14H42NP. The molecule has 0 saturated heterocycles. The second-order valence-electron chi connectivity index (χ2n) is 3.46. The number of nitrogens with zero attached hydrogens (tertiary/aromatic N) is 1. The zero-order valence-electron chi connectivity index (χ0n) is 13.1. The van der Waals surface area contributed by atoms with Crippen LogP contribution >= 0.6 is 9.24 Å². The minimum Gasteiger partial charge on any atom is -0.312 e. The van der Waals surface area contributed by atoms with Crippen LogP contribution in [-0.2, 0) is 0 Å². The van der Waals surface area contributed by atoms with Crippen molar-refractivity contribution in [2.75, 3.05) is 27.8 Å². The number of hydrogen-bond donors (Lipinski definition) is 0. The molecule has 0 aromatic rings. The minimum absolute atomic E-state index is 0. The third kappa shape index (κ3) is 17000. The van der Waals surface area contributed by atoms with Gasteiger partial charge in [-0.1, -0.05) is 74.9 Å². The zero-order valence-corrected chi connectivity index (χ0v) is 14.3. The van der Waals surface area contributed by atoms with Crippen LogP contribution < -0.4 is 0 Å². The highest BCUT2D eigenvalue weighted by molar-refractivity contribution is 7.15. The van der Waals surface area contributed by atoms with E-state index in [1.54, 1.807) is 0 Å². The Bertz CT molecular complexity index is 32.2. The molecule has 0 spiro atoms. The van der Waals surface area contributed by atoms with E-state index >= 15 is 0 Å². The molecule has 1 unspecified atom stereocenters. The molecule has 108 valence electrons. The van der Waals surface area contributed by atoms with Gasteiger partial charge in [0.2, 0.25) is 0 Å². The second-order valence-corrected chi connectivity index (χ2v) is 3.46. The Labute approximate surface area is 111 Å². The van der Waals surface area contributed by atoms with E-state index in [0.29, 0.717) is 0 Å².